The Kier molecular flexibility index (Phi) is 2.56. The van der Waals surface area contributed by atoms with Gasteiger partial charge in [-0.1, -0.05) is 18.7 Å². The van der Waals surface area contributed by atoms with Crippen molar-refractivity contribution in [1.82, 2.24) is 9.97 Å². The summed E-state index contributed by atoms with van der Waals surface area (Å²) in [6.07, 6.45) is 1.63. The Morgan fingerprint density at radius 1 is 1.50 bits per heavy atom. The number of aromatic nitrogens is 2. The molecule has 0 fully saturated rings. The lowest BCUT2D eigenvalue weighted by atomic mass is 10.3. The van der Waals surface area contributed by atoms with E-state index >= 15 is 0 Å². The topological polar surface area (TPSA) is 51.7 Å². The lowest BCUT2D eigenvalue weighted by molar-refractivity contribution is 0.591. The lowest BCUT2D eigenvalue weighted by Gasteiger charge is -2.01. The second-order valence-corrected chi connectivity index (χ2v) is 4.27. The Morgan fingerprint density at radius 3 is 3.00 bits per heavy atom. The number of hydrogen-bond donors (Lipinski definition) is 1. The summed E-state index contributed by atoms with van der Waals surface area (Å²) in [5.41, 5.74) is 1.76. The number of imidazole rings is 1. The normalized spacial score (nSPS) is 12.9. The smallest absolute Gasteiger partial charge is 0.321 e. The van der Waals surface area contributed by atoms with Gasteiger partial charge in [-0.3, -0.25) is 4.98 Å². The summed E-state index contributed by atoms with van der Waals surface area (Å²) < 4.78 is 11.6. The Balaban J connectivity index is 2.39. The molecule has 3 nitrogen and oxygen atoms in total. The highest BCUT2D eigenvalue weighted by atomic mass is 32.2. The molecule has 0 aliphatic rings. The van der Waals surface area contributed by atoms with Crippen LogP contribution in [0.3, 0.4) is 0 Å². The summed E-state index contributed by atoms with van der Waals surface area (Å²) in [5.74, 6) is 0.430. The molecule has 0 saturated carbocycles. The maximum atomic E-state index is 11.6. The van der Waals surface area contributed by atoms with Gasteiger partial charge in [0.2, 0.25) is 0 Å². The van der Waals surface area contributed by atoms with Crippen molar-refractivity contribution < 1.29 is 4.55 Å². The molecule has 14 heavy (non-hydrogen) atoms. The maximum absolute atomic E-state index is 11.6. The van der Waals surface area contributed by atoms with E-state index in [1.807, 2.05) is 24.3 Å². The lowest BCUT2D eigenvalue weighted by Crippen LogP contribution is -2.06. The number of nitrogens with zero attached hydrogens (tertiary/aromatic N) is 1. The Bertz CT molecular complexity index is 419. The third kappa shape index (κ3) is 1.66. The van der Waals surface area contributed by atoms with E-state index < -0.39 is 11.2 Å². The average Bonchev–Trinajstić information content (AvgIpc) is 2.61. The van der Waals surface area contributed by atoms with Crippen molar-refractivity contribution in [2.75, 3.05) is 5.75 Å². The van der Waals surface area contributed by atoms with Crippen LogP contribution in [0, 0.1) is 0 Å². The predicted octanol–water partition coefficient (Wildman–Crippen LogP) is 1.86. The monoisotopic (exact) mass is 206 g/mol. The van der Waals surface area contributed by atoms with E-state index in [0.717, 1.165) is 11.0 Å². The third-order valence-electron chi connectivity index (χ3n) is 1.85. The van der Waals surface area contributed by atoms with E-state index in [0.29, 0.717) is 10.9 Å². The zero-order valence-electron chi connectivity index (χ0n) is 7.56. The Hall–Kier alpha value is -1.26. The molecule has 72 valence electrons. The zero-order chi connectivity index (χ0) is 9.97. The van der Waals surface area contributed by atoms with Crippen molar-refractivity contribution in [1.29, 1.82) is 0 Å². The molecule has 2 aromatic rings. The van der Waals surface area contributed by atoms with Gasteiger partial charge in [-0.05, 0) is 18.2 Å². The van der Waals surface area contributed by atoms with Crippen LogP contribution in [0.5, 0.6) is 0 Å². The van der Waals surface area contributed by atoms with Gasteiger partial charge >= 0.3 is 5.16 Å². The second-order valence-electron chi connectivity index (χ2n) is 2.86. The molecular formula is C10H10N2OS. The molecule has 0 aliphatic carbocycles. The minimum atomic E-state index is -1.10. The van der Waals surface area contributed by atoms with Gasteiger partial charge in [0.15, 0.2) is 0 Å². The minimum absolute atomic E-state index is 0.430. The van der Waals surface area contributed by atoms with Crippen LogP contribution in [0.4, 0.5) is 0 Å². The first-order valence-corrected chi connectivity index (χ1v) is 5.57. The number of fused-ring (bicyclic) bond motifs is 1. The SMILES string of the molecule is C=CC[S+]([O-])c1nc2ccccc2[nH]1. The van der Waals surface area contributed by atoms with Crippen molar-refractivity contribution in [3.63, 3.8) is 0 Å². The van der Waals surface area contributed by atoms with Crippen molar-refractivity contribution >= 4 is 22.2 Å². The summed E-state index contributed by atoms with van der Waals surface area (Å²) in [6.45, 7) is 3.55. The molecule has 1 atom stereocenters. The molecule has 2 rings (SSSR count). The maximum Gasteiger partial charge on any atom is 0.321 e. The molecule has 0 saturated heterocycles. The Labute approximate surface area is 85.0 Å². The predicted molar refractivity (Wildman–Crippen MR) is 57.6 cm³/mol. The molecule has 1 N–H and O–H groups in total. The highest BCUT2D eigenvalue weighted by Crippen LogP contribution is 2.14. The van der Waals surface area contributed by atoms with Crippen molar-refractivity contribution in [3.05, 3.63) is 36.9 Å². The first-order chi connectivity index (χ1) is 6.81. The molecule has 1 unspecified atom stereocenters. The quantitative estimate of drug-likeness (QED) is 0.615. The molecule has 0 bridgehead atoms. The van der Waals surface area contributed by atoms with E-state index in [-0.39, 0.29) is 0 Å². The van der Waals surface area contributed by atoms with E-state index in [1.54, 1.807) is 6.08 Å². The van der Waals surface area contributed by atoms with Gasteiger partial charge in [-0.2, -0.15) is 4.98 Å². The first-order valence-electron chi connectivity index (χ1n) is 4.25. The molecule has 0 aliphatic heterocycles. The van der Waals surface area contributed by atoms with Crippen molar-refractivity contribution in [2.45, 2.75) is 5.16 Å². The van der Waals surface area contributed by atoms with E-state index in [1.165, 1.54) is 0 Å². The molecule has 1 aromatic heterocycles. The number of benzene rings is 1. The Morgan fingerprint density at radius 2 is 2.29 bits per heavy atom. The average molecular weight is 206 g/mol. The molecule has 0 spiro atoms. The van der Waals surface area contributed by atoms with Gasteiger partial charge in [0.05, 0.1) is 11.0 Å². The van der Waals surface area contributed by atoms with Crippen LogP contribution in [0.15, 0.2) is 42.1 Å². The van der Waals surface area contributed by atoms with Crippen LogP contribution in [-0.2, 0) is 11.2 Å². The minimum Gasteiger partial charge on any atom is -0.609 e. The van der Waals surface area contributed by atoms with E-state index in [2.05, 4.69) is 16.5 Å². The van der Waals surface area contributed by atoms with Crippen LogP contribution < -0.4 is 0 Å². The number of para-hydroxylation sites is 2. The summed E-state index contributed by atoms with van der Waals surface area (Å²) >= 11 is -1.10. The number of nitrogens with one attached hydrogen (secondary N) is 1. The largest absolute Gasteiger partial charge is 0.609 e. The van der Waals surface area contributed by atoms with Gasteiger partial charge in [0.1, 0.15) is 5.75 Å². The van der Waals surface area contributed by atoms with Gasteiger partial charge in [-0.15, -0.1) is 0 Å². The fraction of sp³-hybridized carbons (Fsp3) is 0.100. The molecular weight excluding hydrogens is 196 g/mol. The first kappa shape index (κ1) is 9.30. The number of aromatic amines is 1. The van der Waals surface area contributed by atoms with Gasteiger partial charge in [-0.25, -0.2) is 0 Å². The molecule has 0 radical (unpaired) electrons. The molecule has 1 aromatic carbocycles. The van der Waals surface area contributed by atoms with Crippen LogP contribution in [0.2, 0.25) is 0 Å². The summed E-state index contributed by atoms with van der Waals surface area (Å²) in [5, 5.41) is 0.520. The fourth-order valence-corrected chi connectivity index (χ4v) is 2.02. The summed E-state index contributed by atoms with van der Waals surface area (Å²) in [7, 11) is 0. The fourth-order valence-electron chi connectivity index (χ4n) is 1.22. The van der Waals surface area contributed by atoms with Crippen molar-refractivity contribution in [2.24, 2.45) is 0 Å². The van der Waals surface area contributed by atoms with Crippen molar-refractivity contribution in [3.8, 4) is 0 Å². The third-order valence-corrected chi connectivity index (χ3v) is 3.02. The summed E-state index contributed by atoms with van der Waals surface area (Å²) in [6, 6.07) is 7.63. The molecule has 1 heterocycles. The van der Waals surface area contributed by atoms with Crippen LogP contribution >= 0.6 is 0 Å². The standard InChI is InChI=1S/C10H10N2OS/c1-2-7-14(13)10-11-8-5-3-4-6-9(8)12-10/h2-6H,1,7H2,(H,11,12). The van der Waals surface area contributed by atoms with Crippen LogP contribution in [-0.4, -0.2) is 20.3 Å². The van der Waals surface area contributed by atoms with Gasteiger partial charge in [0.25, 0.3) is 0 Å². The van der Waals surface area contributed by atoms with Gasteiger partial charge < -0.3 is 4.55 Å². The number of H-pyrrole nitrogens is 1. The molecule has 0 amide bonds. The highest BCUT2D eigenvalue weighted by Gasteiger charge is 2.13. The second kappa shape index (κ2) is 3.86. The number of hydrogen-bond acceptors (Lipinski definition) is 2. The van der Waals surface area contributed by atoms with E-state index in [9.17, 15) is 4.55 Å². The highest BCUT2D eigenvalue weighted by molar-refractivity contribution is 7.91. The molecule has 4 heteroatoms. The number of rotatable bonds is 3. The van der Waals surface area contributed by atoms with E-state index in [4.69, 9.17) is 0 Å². The van der Waals surface area contributed by atoms with Crippen LogP contribution in [0.25, 0.3) is 11.0 Å². The zero-order valence-corrected chi connectivity index (χ0v) is 8.38. The van der Waals surface area contributed by atoms with Gasteiger partial charge in [0, 0.05) is 11.2 Å². The van der Waals surface area contributed by atoms with Crippen LogP contribution in [0.1, 0.15) is 0 Å². The summed E-state index contributed by atoms with van der Waals surface area (Å²) in [4.78, 5) is 7.25.